The number of hydrogen-bond acceptors (Lipinski definition) is 5. The van der Waals surface area contributed by atoms with E-state index < -0.39 is 0 Å². The zero-order valence-electron chi connectivity index (χ0n) is 23.0. The molecule has 3 N–H and O–H groups in total. The highest BCUT2D eigenvalue weighted by molar-refractivity contribution is 5.95. The maximum atomic E-state index is 13.3. The summed E-state index contributed by atoms with van der Waals surface area (Å²) in [4.78, 5) is 28.7. The number of hydrogen-bond donors (Lipinski definition) is 3. The number of rotatable bonds is 7. The minimum atomic E-state index is 0.0852. The summed E-state index contributed by atoms with van der Waals surface area (Å²) >= 11 is 0. The molecule has 0 atom stereocenters. The number of nitrogens with zero attached hydrogens (tertiary/aromatic N) is 3. The lowest BCUT2D eigenvalue weighted by Gasteiger charge is -2.30. The Balaban J connectivity index is 1.09. The number of aromatic nitrogens is 3. The van der Waals surface area contributed by atoms with E-state index in [1.54, 1.807) is 0 Å². The lowest BCUT2D eigenvalue weighted by atomic mass is 9.91. The van der Waals surface area contributed by atoms with E-state index in [0.29, 0.717) is 12.5 Å². The number of amides is 1. The van der Waals surface area contributed by atoms with Crippen molar-refractivity contribution in [1.29, 1.82) is 0 Å². The Bertz CT molecular complexity index is 1450. The molecule has 2 aromatic heterocycles. The minimum Gasteiger partial charge on any atom is -0.362 e. The molecule has 202 valence electrons. The second-order valence-corrected chi connectivity index (χ2v) is 11.2. The van der Waals surface area contributed by atoms with E-state index in [9.17, 15) is 4.79 Å². The largest absolute Gasteiger partial charge is 0.362 e. The molecule has 7 heteroatoms. The first kappa shape index (κ1) is 25.4. The third-order valence-electron chi connectivity index (χ3n) is 8.22. The fourth-order valence-electron chi connectivity index (χ4n) is 6.25. The first-order chi connectivity index (χ1) is 19.0. The maximum Gasteiger partial charge on any atom is 0.225 e. The molecule has 0 aliphatic heterocycles. The van der Waals surface area contributed by atoms with Gasteiger partial charge < -0.3 is 20.5 Å². The van der Waals surface area contributed by atoms with Crippen molar-refractivity contribution >= 4 is 28.6 Å². The Kier molecular flexibility index (Phi) is 7.22. The van der Waals surface area contributed by atoms with Crippen LogP contribution >= 0.6 is 0 Å². The summed E-state index contributed by atoms with van der Waals surface area (Å²) in [5.41, 5.74) is 6.77. The standard InChI is InChI=1S/C32H38N6O/c1-38(2)31-25-13-7-9-15-28(25)36-32(37-31)34-23-18-16-22(17-19-23)33-29(39)20-26-24-12-6-8-14-27(24)35-30(26)21-10-4-3-5-11-21/h3-6,8,10-12,14,22-23,35H,7,9,13,15-20H2,1-2H3,(H,33,39)(H,34,36,37). The molecule has 0 radical (unpaired) electrons. The Morgan fingerprint density at radius 2 is 1.64 bits per heavy atom. The molecule has 1 saturated carbocycles. The Morgan fingerprint density at radius 3 is 2.44 bits per heavy atom. The van der Waals surface area contributed by atoms with Gasteiger partial charge in [0.2, 0.25) is 11.9 Å². The van der Waals surface area contributed by atoms with Crippen molar-refractivity contribution in [2.24, 2.45) is 0 Å². The van der Waals surface area contributed by atoms with E-state index in [1.807, 2.05) is 30.3 Å². The number of anilines is 2. The second kappa shape index (κ2) is 11.1. The molecular weight excluding hydrogens is 484 g/mol. The van der Waals surface area contributed by atoms with Gasteiger partial charge in [-0.1, -0.05) is 48.5 Å². The van der Waals surface area contributed by atoms with Crippen LogP contribution in [0.25, 0.3) is 22.2 Å². The van der Waals surface area contributed by atoms with Gasteiger partial charge in [-0.15, -0.1) is 0 Å². The second-order valence-electron chi connectivity index (χ2n) is 11.2. The van der Waals surface area contributed by atoms with Gasteiger partial charge in [-0.3, -0.25) is 4.79 Å². The van der Waals surface area contributed by atoms with Crippen molar-refractivity contribution in [3.05, 3.63) is 71.4 Å². The number of aryl methyl sites for hydroxylation is 1. The third-order valence-corrected chi connectivity index (χ3v) is 8.22. The Morgan fingerprint density at radius 1 is 0.923 bits per heavy atom. The molecule has 2 aliphatic rings. The van der Waals surface area contributed by atoms with Gasteiger partial charge in [0.05, 0.1) is 17.8 Å². The monoisotopic (exact) mass is 522 g/mol. The van der Waals surface area contributed by atoms with Crippen LogP contribution in [-0.2, 0) is 24.1 Å². The summed E-state index contributed by atoms with van der Waals surface area (Å²) in [6.45, 7) is 0. The molecule has 2 aliphatic carbocycles. The average molecular weight is 523 g/mol. The first-order valence-corrected chi connectivity index (χ1v) is 14.3. The number of fused-ring (bicyclic) bond motifs is 2. The van der Waals surface area contributed by atoms with Crippen molar-refractivity contribution < 1.29 is 4.79 Å². The number of carbonyl (C=O) groups excluding carboxylic acids is 1. The van der Waals surface area contributed by atoms with E-state index in [4.69, 9.17) is 9.97 Å². The molecule has 1 fully saturated rings. The summed E-state index contributed by atoms with van der Waals surface area (Å²) in [5.74, 6) is 1.89. The van der Waals surface area contributed by atoms with Crippen LogP contribution in [0.2, 0.25) is 0 Å². The van der Waals surface area contributed by atoms with Crippen LogP contribution in [0.4, 0.5) is 11.8 Å². The third kappa shape index (κ3) is 5.49. The van der Waals surface area contributed by atoms with Crippen LogP contribution in [0, 0.1) is 0 Å². The van der Waals surface area contributed by atoms with Gasteiger partial charge in [-0.2, -0.15) is 4.98 Å². The molecule has 0 unspecified atom stereocenters. The number of aromatic amines is 1. The van der Waals surface area contributed by atoms with Crippen LogP contribution < -0.4 is 15.5 Å². The average Bonchev–Trinajstić information content (AvgIpc) is 3.32. The van der Waals surface area contributed by atoms with E-state index in [0.717, 1.165) is 78.0 Å². The van der Waals surface area contributed by atoms with E-state index >= 15 is 0 Å². The zero-order valence-corrected chi connectivity index (χ0v) is 23.0. The van der Waals surface area contributed by atoms with Gasteiger partial charge in [0.25, 0.3) is 0 Å². The van der Waals surface area contributed by atoms with Gasteiger partial charge in [-0.25, -0.2) is 4.98 Å². The molecule has 0 saturated heterocycles. The highest BCUT2D eigenvalue weighted by Crippen LogP contribution is 2.32. The lowest BCUT2D eigenvalue weighted by molar-refractivity contribution is -0.121. The topological polar surface area (TPSA) is 85.9 Å². The smallest absolute Gasteiger partial charge is 0.225 e. The minimum absolute atomic E-state index is 0.0852. The highest BCUT2D eigenvalue weighted by atomic mass is 16.1. The highest BCUT2D eigenvalue weighted by Gasteiger charge is 2.25. The van der Waals surface area contributed by atoms with E-state index in [2.05, 4.69) is 58.9 Å². The molecule has 0 spiro atoms. The van der Waals surface area contributed by atoms with Gasteiger partial charge in [0.1, 0.15) is 5.82 Å². The van der Waals surface area contributed by atoms with Crippen LogP contribution in [0.15, 0.2) is 54.6 Å². The van der Waals surface area contributed by atoms with Crippen molar-refractivity contribution in [3.63, 3.8) is 0 Å². The molecule has 6 rings (SSSR count). The van der Waals surface area contributed by atoms with E-state index in [1.165, 1.54) is 24.1 Å². The summed E-state index contributed by atoms with van der Waals surface area (Å²) < 4.78 is 0. The fourth-order valence-corrected chi connectivity index (χ4v) is 6.25. The van der Waals surface area contributed by atoms with E-state index in [-0.39, 0.29) is 11.9 Å². The molecule has 1 amide bonds. The normalized spacial score (nSPS) is 18.9. The summed E-state index contributed by atoms with van der Waals surface area (Å²) in [7, 11) is 4.13. The van der Waals surface area contributed by atoms with Crippen molar-refractivity contribution in [2.45, 2.75) is 69.9 Å². The lowest BCUT2D eigenvalue weighted by Crippen LogP contribution is -2.41. The number of H-pyrrole nitrogens is 1. The number of nitrogens with one attached hydrogen (secondary N) is 3. The summed E-state index contributed by atoms with van der Waals surface area (Å²) in [6.07, 6.45) is 8.77. The van der Waals surface area contributed by atoms with Gasteiger partial charge >= 0.3 is 0 Å². The molecule has 4 aromatic rings. The molecule has 2 aromatic carbocycles. The number of benzene rings is 2. The molecule has 0 bridgehead atoms. The van der Waals surface area contributed by atoms with Crippen LogP contribution in [0.5, 0.6) is 0 Å². The van der Waals surface area contributed by atoms with Gasteiger partial charge in [0, 0.05) is 42.6 Å². The number of carbonyl (C=O) groups is 1. The SMILES string of the molecule is CN(C)c1nc(NC2CCC(NC(=O)Cc3c(-c4ccccc4)[nH]c4ccccc34)CC2)nc2c1CCCC2. The number of para-hydroxylation sites is 1. The molecule has 2 heterocycles. The predicted molar refractivity (Wildman–Crippen MR) is 158 cm³/mol. The van der Waals surface area contributed by atoms with Crippen molar-refractivity contribution in [3.8, 4) is 11.3 Å². The Labute approximate surface area is 230 Å². The van der Waals surface area contributed by atoms with Crippen molar-refractivity contribution in [2.75, 3.05) is 24.3 Å². The van der Waals surface area contributed by atoms with Gasteiger partial charge in [0.15, 0.2) is 0 Å². The summed E-state index contributed by atoms with van der Waals surface area (Å²) in [6, 6.07) is 19.0. The van der Waals surface area contributed by atoms with Crippen LogP contribution in [0.1, 0.15) is 55.3 Å². The maximum absolute atomic E-state index is 13.3. The predicted octanol–water partition coefficient (Wildman–Crippen LogP) is 5.65. The molecule has 7 nitrogen and oxygen atoms in total. The van der Waals surface area contributed by atoms with Crippen LogP contribution in [-0.4, -0.2) is 47.0 Å². The first-order valence-electron chi connectivity index (χ1n) is 14.3. The molecule has 39 heavy (non-hydrogen) atoms. The van der Waals surface area contributed by atoms with Crippen LogP contribution in [0.3, 0.4) is 0 Å². The van der Waals surface area contributed by atoms with Gasteiger partial charge in [-0.05, 0) is 68.6 Å². The Hall–Kier alpha value is -3.87. The summed E-state index contributed by atoms with van der Waals surface area (Å²) in [5, 5.41) is 8.06. The quantitative estimate of drug-likeness (QED) is 0.292. The fraction of sp³-hybridized carbons (Fsp3) is 0.406. The molecular formula is C32H38N6O. The zero-order chi connectivity index (χ0) is 26.8. The van der Waals surface area contributed by atoms with Crippen molar-refractivity contribution in [1.82, 2.24) is 20.3 Å².